The molecule has 5 rings (SSSR count). The number of likely N-dealkylation sites (tertiary alicyclic amines) is 1. The molecule has 3 aromatic carbocycles. The van der Waals surface area contributed by atoms with E-state index in [2.05, 4.69) is 27.7 Å². The van der Waals surface area contributed by atoms with Gasteiger partial charge in [-0.2, -0.15) is 0 Å². The summed E-state index contributed by atoms with van der Waals surface area (Å²) in [5.41, 5.74) is 1.84. The van der Waals surface area contributed by atoms with Gasteiger partial charge in [0.15, 0.2) is 0 Å². The Hall–Kier alpha value is -2.57. The van der Waals surface area contributed by atoms with Crippen LogP contribution in [0.25, 0.3) is 0 Å². The number of benzene rings is 3. The fourth-order valence-corrected chi connectivity index (χ4v) is 6.57. The Morgan fingerprint density at radius 2 is 1.56 bits per heavy atom. The zero-order chi connectivity index (χ0) is 27.6. The number of nitrogens with one attached hydrogen (secondary N) is 2. The summed E-state index contributed by atoms with van der Waals surface area (Å²) < 4.78 is 0. The van der Waals surface area contributed by atoms with Gasteiger partial charge >= 0.3 is 0 Å². The van der Waals surface area contributed by atoms with E-state index in [1.165, 1.54) is 0 Å². The molecule has 1 saturated heterocycles. The number of amides is 2. The third-order valence-corrected chi connectivity index (χ3v) is 9.38. The fraction of sp³-hybridized carbons (Fsp3) is 0.355. The van der Waals surface area contributed by atoms with Crippen LogP contribution in [0.4, 0.5) is 0 Å². The molecule has 204 valence electrons. The first-order valence-electron chi connectivity index (χ1n) is 13.3. The Morgan fingerprint density at radius 1 is 0.872 bits per heavy atom. The van der Waals surface area contributed by atoms with Crippen molar-refractivity contribution in [1.29, 1.82) is 0 Å². The molecule has 1 aliphatic carbocycles. The summed E-state index contributed by atoms with van der Waals surface area (Å²) in [6.07, 6.45) is 2.34. The van der Waals surface area contributed by atoms with E-state index in [4.69, 9.17) is 34.8 Å². The first-order chi connectivity index (χ1) is 18.7. The molecule has 8 heteroatoms. The van der Waals surface area contributed by atoms with Crippen molar-refractivity contribution in [3.8, 4) is 0 Å². The highest BCUT2D eigenvalue weighted by Crippen LogP contribution is 2.56. The highest BCUT2D eigenvalue weighted by atomic mass is 35.5. The minimum absolute atomic E-state index is 0.0247. The van der Waals surface area contributed by atoms with Crippen molar-refractivity contribution in [3.05, 3.63) is 105 Å². The molecule has 2 atom stereocenters. The first-order valence-corrected chi connectivity index (χ1v) is 14.4. The van der Waals surface area contributed by atoms with Gasteiger partial charge in [-0.05, 0) is 60.1 Å². The zero-order valence-corrected chi connectivity index (χ0v) is 24.1. The number of hydrogen-bond donors (Lipinski definition) is 2. The van der Waals surface area contributed by atoms with Gasteiger partial charge in [0.1, 0.15) is 0 Å². The van der Waals surface area contributed by atoms with Crippen LogP contribution in [0.3, 0.4) is 0 Å². The summed E-state index contributed by atoms with van der Waals surface area (Å²) in [6.45, 7) is 4.36. The summed E-state index contributed by atoms with van der Waals surface area (Å²) in [6, 6.07) is 23.2. The van der Waals surface area contributed by atoms with Crippen LogP contribution >= 0.6 is 34.8 Å². The Labute approximate surface area is 244 Å². The predicted molar refractivity (Wildman–Crippen MR) is 157 cm³/mol. The lowest BCUT2D eigenvalue weighted by Crippen LogP contribution is -2.53. The maximum atomic E-state index is 13.8. The number of nitrogens with zero attached hydrogens (tertiary/aromatic N) is 1. The molecule has 2 unspecified atom stereocenters. The molecule has 1 saturated carbocycles. The van der Waals surface area contributed by atoms with Gasteiger partial charge in [0, 0.05) is 38.1 Å². The van der Waals surface area contributed by atoms with E-state index in [0.29, 0.717) is 21.6 Å². The van der Waals surface area contributed by atoms with Gasteiger partial charge in [-0.1, -0.05) is 89.4 Å². The lowest BCUT2D eigenvalue weighted by molar-refractivity contribution is -0.124. The Morgan fingerprint density at radius 3 is 2.23 bits per heavy atom. The van der Waals surface area contributed by atoms with Crippen LogP contribution in [0.2, 0.25) is 15.1 Å². The SMILES string of the molecule is CC(=O)NC1(c2ccccc2)CCN(CC2CC2(C(=O)NCc2ccccc2Cl)c2ccc(Cl)c(Cl)c2)CC1. The summed E-state index contributed by atoms with van der Waals surface area (Å²) in [5, 5.41) is 7.91. The summed E-state index contributed by atoms with van der Waals surface area (Å²) in [5.74, 6) is 0.0778. The van der Waals surface area contributed by atoms with E-state index >= 15 is 0 Å². The highest BCUT2D eigenvalue weighted by Gasteiger charge is 2.61. The van der Waals surface area contributed by atoms with E-state index in [9.17, 15) is 9.59 Å². The zero-order valence-electron chi connectivity index (χ0n) is 21.9. The first kappa shape index (κ1) is 28.0. The maximum Gasteiger partial charge on any atom is 0.231 e. The number of rotatable bonds is 8. The van der Waals surface area contributed by atoms with Crippen LogP contribution in [-0.2, 0) is 27.1 Å². The molecule has 0 radical (unpaired) electrons. The van der Waals surface area contributed by atoms with Crippen molar-refractivity contribution in [2.75, 3.05) is 19.6 Å². The molecule has 0 spiro atoms. The third kappa shape index (κ3) is 5.83. The van der Waals surface area contributed by atoms with Crippen molar-refractivity contribution < 1.29 is 9.59 Å². The largest absolute Gasteiger partial charge is 0.351 e. The standard InChI is InChI=1S/C31H32Cl3N3O2/c1-21(38)36-30(23-8-3-2-4-9-23)13-15-37(16-14-30)20-25-18-31(25,24-11-12-27(33)28(34)17-24)29(39)35-19-22-7-5-6-10-26(22)32/h2-12,17,25H,13-16,18-20H2,1H3,(H,35,39)(H,36,38). The van der Waals surface area contributed by atoms with Crippen molar-refractivity contribution in [2.24, 2.45) is 5.92 Å². The number of halogens is 3. The summed E-state index contributed by atoms with van der Waals surface area (Å²) in [4.78, 5) is 28.3. The molecule has 5 nitrogen and oxygen atoms in total. The molecule has 2 N–H and O–H groups in total. The van der Waals surface area contributed by atoms with Crippen LogP contribution in [-0.4, -0.2) is 36.3 Å². The Kier molecular flexibility index (Phi) is 8.25. The molecule has 39 heavy (non-hydrogen) atoms. The molecular formula is C31H32Cl3N3O2. The van der Waals surface area contributed by atoms with E-state index in [-0.39, 0.29) is 23.3 Å². The summed E-state index contributed by atoms with van der Waals surface area (Å²) >= 11 is 18.9. The van der Waals surface area contributed by atoms with Gasteiger partial charge in [-0.15, -0.1) is 0 Å². The predicted octanol–water partition coefficient (Wildman–Crippen LogP) is 6.35. The van der Waals surface area contributed by atoms with Crippen LogP contribution in [0, 0.1) is 5.92 Å². The average Bonchev–Trinajstić information content (AvgIpc) is 3.66. The van der Waals surface area contributed by atoms with Crippen LogP contribution in [0.15, 0.2) is 72.8 Å². The van der Waals surface area contributed by atoms with Crippen molar-refractivity contribution in [2.45, 2.75) is 43.7 Å². The monoisotopic (exact) mass is 583 g/mol. The summed E-state index contributed by atoms with van der Waals surface area (Å²) in [7, 11) is 0. The molecule has 1 aliphatic heterocycles. The molecular weight excluding hydrogens is 553 g/mol. The van der Waals surface area contributed by atoms with Gasteiger partial charge in [-0.25, -0.2) is 0 Å². The highest BCUT2D eigenvalue weighted by molar-refractivity contribution is 6.42. The van der Waals surface area contributed by atoms with E-state index in [1.807, 2.05) is 54.6 Å². The molecule has 2 aliphatic rings. The molecule has 2 amide bonds. The number of hydrogen-bond acceptors (Lipinski definition) is 3. The second-order valence-electron chi connectivity index (χ2n) is 10.7. The number of piperidine rings is 1. The molecule has 0 aromatic heterocycles. The molecule has 3 aromatic rings. The minimum atomic E-state index is -0.679. The second kappa shape index (κ2) is 11.5. The van der Waals surface area contributed by atoms with Gasteiger partial charge in [0.25, 0.3) is 0 Å². The average molecular weight is 585 g/mol. The maximum absolute atomic E-state index is 13.8. The molecule has 0 bridgehead atoms. The van der Waals surface area contributed by atoms with Gasteiger partial charge < -0.3 is 15.5 Å². The molecule has 2 fully saturated rings. The van der Waals surface area contributed by atoms with Crippen molar-refractivity contribution in [3.63, 3.8) is 0 Å². The van der Waals surface area contributed by atoms with Crippen molar-refractivity contribution >= 4 is 46.6 Å². The second-order valence-corrected chi connectivity index (χ2v) is 11.9. The third-order valence-electron chi connectivity index (χ3n) is 8.27. The van der Waals surface area contributed by atoms with Crippen LogP contribution < -0.4 is 10.6 Å². The van der Waals surface area contributed by atoms with E-state index in [0.717, 1.165) is 55.6 Å². The smallest absolute Gasteiger partial charge is 0.231 e. The van der Waals surface area contributed by atoms with E-state index in [1.54, 1.807) is 13.0 Å². The van der Waals surface area contributed by atoms with Gasteiger partial charge in [-0.3, -0.25) is 9.59 Å². The Balaban J connectivity index is 1.32. The minimum Gasteiger partial charge on any atom is -0.351 e. The van der Waals surface area contributed by atoms with Crippen molar-refractivity contribution in [1.82, 2.24) is 15.5 Å². The number of carbonyl (C=O) groups excluding carboxylic acids is 2. The van der Waals surface area contributed by atoms with Gasteiger partial charge in [0.2, 0.25) is 11.8 Å². The van der Waals surface area contributed by atoms with Crippen LogP contribution in [0.5, 0.6) is 0 Å². The Bertz CT molecular complexity index is 1360. The van der Waals surface area contributed by atoms with Gasteiger partial charge in [0.05, 0.1) is 21.0 Å². The van der Waals surface area contributed by atoms with E-state index < -0.39 is 5.41 Å². The lowest BCUT2D eigenvalue weighted by atomic mass is 9.80. The molecule has 1 heterocycles. The fourth-order valence-electron chi connectivity index (χ4n) is 6.07. The normalized spacial score (nSPS) is 22.2. The van der Waals surface area contributed by atoms with Crippen LogP contribution in [0.1, 0.15) is 42.9 Å². The number of carbonyl (C=O) groups is 2. The lowest BCUT2D eigenvalue weighted by Gasteiger charge is -2.43. The quantitative estimate of drug-likeness (QED) is 0.324. The topological polar surface area (TPSA) is 61.4 Å².